The van der Waals surface area contributed by atoms with Gasteiger partial charge in [-0.25, -0.2) is 0 Å². The Morgan fingerprint density at radius 3 is 1.78 bits per heavy atom. The van der Waals surface area contributed by atoms with Gasteiger partial charge >= 0.3 is 0 Å². The first kappa shape index (κ1) is 20.0. The number of hydrogen-bond acceptors (Lipinski definition) is 3. The number of carbonyl (C=O) groups excluding carboxylic acids is 2. The Morgan fingerprint density at radius 2 is 1.30 bits per heavy atom. The summed E-state index contributed by atoms with van der Waals surface area (Å²) in [6.45, 7) is 2.76. The van der Waals surface area contributed by atoms with Crippen molar-refractivity contribution in [2.75, 3.05) is 6.61 Å². The first-order valence-corrected chi connectivity index (χ1v) is 8.97. The second-order valence-corrected chi connectivity index (χ2v) is 6.30. The average Bonchev–Trinajstić information content (AvgIpc) is 2.53. The van der Waals surface area contributed by atoms with Gasteiger partial charge in [0.25, 0.3) is 10.5 Å². The minimum absolute atomic E-state index is 0.212. The van der Waals surface area contributed by atoms with Gasteiger partial charge in [0, 0.05) is 11.1 Å². The molecule has 0 radical (unpaired) electrons. The molecule has 0 unspecified atom stereocenters. The molecule has 128 valence electrons. The van der Waals surface area contributed by atoms with Crippen molar-refractivity contribution in [3.8, 4) is 5.75 Å². The third-order valence-corrected chi connectivity index (χ3v) is 4.06. The molecule has 0 aromatic heterocycles. The maximum atomic E-state index is 11.3. The van der Waals surface area contributed by atoms with Gasteiger partial charge in [-0.2, -0.15) is 0 Å². The summed E-state index contributed by atoms with van der Waals surface area (Å²) in [5, 5.41) is -1.27. The lowest BCUT2D eigenvalue weighted by Crippen LogP contribution is -2.01. The molecule has 0 bridgehead atoms. The van der Waals surface area contributed by atoms with Gasteiger partial charge in [0.1, 0.15) is 5.75 Å². The Balaban J connectivity index is 2.34. The number of rotatable bonds is 12. The van der Waals surface area contributed by atoms with Gasteiger partial charge in [0.15, 0.2) is 0 Å². The summed E-state index contributed by atoms with van der Waals surface area (Å²) in [4.78, 5) is 22.5. The van der Waals surface area contributed by atoms with Gasteiger partial charge in [-0.05, 0) is 47.8 Å². The summed E-state index contributed by atoms with van der Waals surface area (Å²) in [7, 11) is 0. The Hall–Kier alpha value is -1.06. The molecule has 0 spiro atoms. The summed E-state index contributed by atoms with van der Waals surface area (Å²) in [6, 6.07) is 4.43. The van der Waals surface area contributed by atoms with Crippen molar-refractivity contribution in [1.82, 2.24) is 0 Å². The van der Waals surface area contributed by atoms with E-state index < -0.39 is 10.5 Å². The molecule has 0 saturated heterocycles. The van der Waals surface area contributed by atoms with Crippen LogP contribution in [0.1, 0.15) is 79.0 Å². The van der Waals surface area contributed by atoms with E-state index in [2.05, 4.69) is 6.92 Å². The standard InChI is InChI=1S/C18H24Cl2O3/c1-2-3-4-5-6-7-8-9-10-23-16-12-14(17(19)21)11-15(13-16)18(20)22/h11-13H,2-10H2,1H3. The Bertz CT molecular complexity index is 483. The molecule has 1 aromatic rings. The minimum atomic E-state index is -0.637. The zero-order valence-electron chi connectivity index (χ0n) is 13.6. The molecular weight excluding hydrogens is 335 g/mol. The van der Waals surface area contributed by atoms with E-state index in [1.165, 1.54) is 56.7 Å². The minimum Gasteiger partial charge on any atom is -0.494 e. The van der Waals surface area contributed by atoms with Crippen molar-refractivity contribution in [3.05, 3.63) is 29.3 Å². The molecule has 0 aliphatic heterocycles. The Kier molecular flexibility index (Phi) is 9.97. The largest absolute Gasteiger partial charge is 0.494 e. The zero-order chi connectivity index (χ0) is 17.1. The molecule has 3 nitrogen and oxygen atoms in total. The summed E-state index contributed by atoms with van der Waals surface area (Å²) < 4.78 is 5.61. The second kappa shape index (κ2) is 11.5. The lowest BCUT2D eigenvalue weighted by Gasteiger charge is -2.08. The van der Waals surface area contributed by atoms with Crippen LogP contribution in [0.2, 0.25) is 0 Å². The van der Waals surface area contributed by atoms with Crippen molar-refractivity contribution in [2.45, 2.75) is 58.3 Å². The Morgan fingerprint density at radius 1 is 0.826 bits per heavy atom. The number of benzene rings is 1. The number of ether oxygens (including phenoxy) is 1. The van der Waals surface area contributed by atoms with E-state index in [0.29, 0.717) is 12.4 Å². The fourth-order valence-corrected chi connectivity index (χ4v) is 2.55. The lowest BCUT2D eigenvalue weighted by atomic mass is 10.1. The smallest absolute Gasteiger partial charge is 0.252 e. The van der Waals surface area contributed by atoms with E-state index in [-0.39, 0.29) is 11.1 Å². The fraction of sp³-hybridized carbons (Fsp3) is 0.556. The number of halogens is 2. The molecular formula is C18H24Cl2O3. The van der Waals surface area contributed by atoms with Crippen LogP contribution in [-0.2, 0) is 0 Å². The molecule has 0 aliphatic rings. The van der Waals surface area contributed by atoms with Crippen LogP contribution in [0, 0.1) is 0 Å². The van der Waals surface area contributed by atoms with Gasteiger partial charge in [-0.3, -0.25) is 9.59 Å². The van der Waals surface area contributed by atoms with Gasteiger partial charge in [0.05, 0.1) is 6.61 Å². The molecule has 0 N–H and O–H groups in total. The second-order valence-electron chi connectivity index (χ2n) is 5.62. The number of carbonyl (C=O) groups is 2. The summed E-state index contributed by atoms with van der Waals surface area (Å²) in [6.07, 6.45) is 9.74. The molecule has 23 heavy (non-hydrogen) atoms. The highest BCUT2D eigenvalue weighted by Crippen LogP contribution is 2.21. The fourth-order valence-electron chi connectivity index (χ4n) is 2.34. The van der Waals surface area contributed by atoms with Gasteiger partial charge < -0.3 is 4.74 Å². The predicted octanol–water partition coefficient (Wildman–Crippen LogP) is 5.96. The molecule has 0 fully saturated rings. The van der Waals surface area contributed by atoms with Gasteiger partial charge in [-0.15, -0.1) is 0 Å². The first-order valence-electron chi connectivity index (χ1n) is 8.22. The maximum absolute atomic E-state index is 11.3. The molecule has 0 atom stereocenters. The molecule has 0 heterocycles. The number of unbranched alkanes of at least 4 members (excludes halogenated alkanes) is 7. The summed E-state index contributed by atoms with van der Waals surface area (Å²) in [5.41, 5.74) is 0.424. The highest BCUT2D eigenvalue weighted by molar-refractivity contribution is 6.69. The van der Waals surface area contributed by atoms with E-state index >= 15 is 0 Å². The van der Waals surface area contributed by atoms with Crippen molar-refractivity contribution in [1.29, 1.82) is 0 Å². The Labute approximate surface area is 148 Å². The van der Waals surface area contributed by atoms with Crippen molar-refractivity contribution in [3.63, 3.8) is 0 Å². The van der Waals surface area contributed by atoms with Crippen LogP contribution in [0.15, 0.2) is 18.2 Å². The highest BCUT2D eigenvalue weighted by Gasteiger charge is 2.11. The van der Waals surface area contributed by atoms with Crippen LogP contribution in [0.3, 0.4) is 0 Å². The molecule has 0 aliphatic carbocycles. The summed E-state index contributed by atoms with van der Waals surface area (Å²) in [5.74, 6) is 0.448. The van der Waals surface area contributed by atoms with E-state index in [1.807, 2.05) is 0 Å². The number of hydrogen-bond donors (Lipinski definition) is 0. The SMILES string of the molecule is CCCCCCCCCCOc1cc(C(=O)Cl)cc(C(=O)Cl)c1. The van der Waals surface area contributed by atoms with Crippen LogP contribution < -0.4 is 4.74 Å². The van der Waals surface area contributed by atoms with Gasteiger partial charge in [0.2, 0.25) is 0 Å². The summed E-state index contributed by atoms with van der Waals surface area (Å²) >= 11 is 10.9. The topological polar surface area (TPSA) is 43.4 Å². The van der Waals surface area contributed by atoms with E-state index in [0.717, 1.165) is 12.8 Å². The molecule has 5 heteroatoms. The molecule has 1 aromatic carbocycles. The van der Waals surface area contributed by atoms with E-state index in [4.69, 9.17) is 27.9 Å². The zero-order valence-corrected chi connectivity index (χ0v) is 15.1. The predicted molar refractivity (Wildman–Crippen MR) is 94.9 cm³/mol. The van der Waals surface area contributed by atoms with Crippen LogP contribution in [0.4, 0.5) is 0 Å². The van der Waals surface area contributed by atoms with Crippen LogP contribution >= 0.6 is 23.2 Å². The third kappa shape index (κ3) is 8.38. The quantitative estimate of drug-likeness (QED) is 0.341. The molecule has 0 amide bonds. The third-order valence-electron chi connectivity index (χ3n) is 3.63. The highest BCUT2D eigenvalue weighted by atomic mass is 35.5. The molecule has 1 rings (SSSR count). The lowest BCUT2D eigenvalue weighted by molar-refractivity contribution is 0.108. The first-order chi connectivity index (χ1) is 11.0. The average molecular weight is 359 g/mol. The van der Waals surface area contributed by atoms with Crippen LogP contribution in [0.5, 0.6) is 5.75 Å². The normalized spacial score (nSPS) is 10.6. The van der Waals surface area contributed by atoms with Gasteiger partial charge in [-0.1, -0.05) is 51.9 Å². The molecule has 0 saturated carbocycles. The van der Waals surface area contributed by atoms with Crippen molar-refractivity contribution < 1.29 is 14.3 Å². The van der Waals surface area contributed by atoms with Crippen molar-refractivity contribution >= 4 is 33.7 Å². The van der Waals surface area contributed by atoms with E-state index in [9.17, 15) is 9.59 Å². The van der Waals surface area contributed by atoms with Crippen LogP contribution in [0.25, 0.3) is 0 Å². The van der Waals surface area contributed by atoms with Crippen molar-refractivity contribution in [2.24, 2.45) is 0 Å². The van der Waals surface area contributed by atoms with E-state index in [1.54, 1.807) is 0 Å². The maximum Gasteiger partial charge on any atom is 0.252 e. The monoisotopic (exact) mass is 358 g/mol. The van der Waals surface area contributed by atoms with Crippen LogP contribution in [-0.4, -0.2) is 17.1 Å².